The molecule has 1 fully saturated rings. The van der Waals surface area contributed by atoms with E-state index in [-0.39, 0.29) is 11.6 Å². The molecule has 0 spiro atoms. The number of aromatic nitrogens is 3. The fourth-order valence-corrected chi connectivity index (χ4v) is 5.85. The van der Waals surface area contributed by atoms with E-state index in [4.69, 9.17) is 4.74 Å². The van der Waals surface area contributed by atoms with E-state index in [0.29, 0.717) is 37.5 Å². The number of ether oxygens (including phenoxy) is 1. The SMILES string of the molecule is CN1CCN(C(=O)c2ccc3c(c2)-c2sc(-c4nncn4-c4ccc(F)cc4F)cc2CCO3)CC1. The first kappa shape index (κ1) is 22.8. The first-order chi connectivity index (χ1) is 17.5. The van der Waals surface area contributed by atoms with Crippen LogP contribution >= 0.6 is 11.3 Å². The van der Waals surface area contributed by atoms with Crippen molar-refractivity contribution in [3.05, 3.63) is 71.6 Å². The predicted molar refractivity (Wildman–Crippen MR) is 133 cm³/mol. The number of nitrogens with zero attached hydrogens (tertiary/aromatic N) is 5. The minimum absolute atomic E-state index is 0.0139. The van der Waals surface area contributed by atoms with Gasteiger partial charge in [0.2, 0.25) is 0 Å². The van der Waals surface area contributed by atoms with E-state index >= 15 is 0 Å². The molecule has 0 radical (unpaired) electrons. The van der Waals surface area contributed by atoms with Crippen LogP contribution in [0.3, 0.4) is 0 Å². The van der Waals surface area contributed by atoms with Crippen LogP contribution < -0.4 is 4.74 Å². The second-order valence-corrected chi connectivity index (χ2v) is 10.0. The maximum absolute atomic E-state index is 14.5. The second-order valence-electron chi connectivity index (χ2n) is 8.99. The van der Waals surface area contributed by atoms with Gasteiger partial charge in [-0.25, -0.2) is 8.78 Å². The van der Waals surface area contributed by atoms with Crippen LogP contribution in [-0.2, 0) is 6.42 Å². The monoisotopic (exact) mass is 507 g/mol. The Morgan fingerprint density at radius 1 is 1.06 bits per heavy atom. The van der Waals surface area contributed by atoms with Gasteiger partial charge in [0.15, 0.2) is 5.82 Å². The molecule has 2 aromatic carbocycles. The van der Waals surface area contributed by atoms with E-state index in [1.165, 1.54) is 34.4 Å². The average molecular weight is 508 g/mol. The van der Waals surface area contributed by atoms with Crippen molar-refractivity contribution in [1.29, 1.82) is 0 Å². The van der Waals surface area contributed by atoms with Crippen molar-refractivity contribution in [3.8, 4) is 32.6 Å². The smallest absolute Gasteiger partial charge is 0.253 e. The number of likely N-dealkylation sites (N-methyl/N-ethyl adjacent to an activating group) is 1. The van der Waals surface area contributed by atoms with Crippen molar-refractivity contribution in [3.63, 3.8) is 0 Å². The molecule has 2 aliphatic heterocycles. The molecule has 0 bridgehead atoms. The van der Waals surface area contributed by atoms with E-state index in [2.05, 4.69) is 22.1 Å². The Bertz CT molecular complexity index is 1460. The van der Waals surface area contributed by atoms with Crippen LogP contribution in [0, 0.1) is 11.6 Å². The number of carbonyl (C=O) groups excluding carboxylic acids is 1. The van der Waals surface area contributed by atoms with Crippen LogP contribution in [0.25, 0.3) is 26.8 Å². The van der Waals surface area contributed by atoms with Gasteiger partial charge in [-0.1, -0.05) is 0 Å². The molecule has 0 atom stereocenters. The van der Waals surface area contributed by atoms with Gasteiger partial charge in [0.05, 0.1) is 17.2 Å². The summed E-state index contributed by atoms with van der Waals surface area (Å²) in [5, 5.41) is 8.21. The lowest BCUT2D eigenvalue weighted by Crippen LogP contribution is -2.47. The van der Waals surface area contributed by atoms with Crippen LogP contribution in [0.1, 0.15) is 15.9 Å². The van der Waals surface area contributed by atoms with Crippen molar-refractivity contribution >= 4 is 17.2 Å². The predicted octanol–water partition coefficient (Wildman–Crippen LogP) is 4.26. The van der Waals surface area contributed by atoms with Gasteiger partial charge in [0.25, 0.3) is 5.91 Å². The molecule has 184 valence electrons. The number of piperazine rings is 1. The van der Waals surface area contributed by atoms with Gasteiger partial charge in [0.1, 0.15) is 23.7 Å². The van der Waals surface area contributed by atoms with Gasteiger partial charge in [-0.05, 0) is 49.0 Å². The number of hydrogen-bond donors (Lipinski definition) is 0. The van der Waals surface area contributed by atoms with Gasteiger partial charge in [0, 0.05) is 54.7 Å². The molecule has 2 aliphatic rings. The highest BCUT2D eigenvalue weighted by atomic mass is 32.1. The Kier molecular flexibility index (Phi) is 5.77. The normalized spacial score (nSPS) is 15.7. The van der Waals surface area contributed by atoms with Gasteiger partial charge in [-0.3, -0.25) is 9.36 Å². The molecule has 10 heteroatoms. The third-order valence-electron chi connectivity index (χ3n) is 6.64. The molecular weight excluding hydrogens is 484 g/mol. The molecule has 0 N–H and O–H groups in total. The van der Waals surface area contributed by atoms with Crippen LogP contribution in [0.2, 0.25) is 0 Å². The van der Waals surface area contributed by atoms with Crippen molar-refractivity contribution in [1.82, 2.24) is 24.6 Å². The molecule has 6 rings (SSSR count). The first-order valence-corrected chi connectivity index (χ1v) is 12.5. The maximum Gasteiger partial charge on any atom is 0.253 e. The fraction of sp³-hybridized carbons (Fsp3) is 0.269. The number of rotatable bonds is 3. The summed E-state index contributed by atoms with van der Waals surface area (Å²) in [6.07, 6.45) is 2.10. The van der Waals surface area contributed by atoms with E-state index in [0.717, 1.165) is 45.8 Å². The Morgan fingerprint density at radius 2 is 1.89 bits per heavy atom. The molecule has 4 aromatic rings. The molecule has 36 heavy (non-hydrogen) atoms. The van der Waals surface area contributed by atoms with Gasteiger partial charge in [-0.2, -0.15) is 0 Å². The molecule has 1 saturated heterocycles. The minimum Gasteiger partial charge on any atom is -0.493 e. The quantitative estimate of drug-likeness (QED) is 0.415. The number of hydrogen-bond acceptors (Lipinski definition) is 6. The Hall–Kier alpha value is -3.63. The number of benzene rings is 2. The van der Waals surface area contributed by atoms with Gasteiger partial charge >= 0.3 is 0 Å². The molecule has 0 unspecified atom stereocenters. The summed E-state index contributed by atoms with van der Waals surface area (Å²) in [5.41, 5.74) is 2.72. The van der Waals surface area contributed by atoms with E-state index < -0.39 is 11.6 Å². The average Bonchev–Trinajstić information content (AvgIpc) is 3.48. The fourth-order valence-electron chi connectivity index (χ4n) is 4.64. The highest BCUT2D eigenvalue weighted by molar-refractivity contribution is 7.19. The number of amides is 1. The lowest BCUT2D eigenvalue weighted by atomic mass is 10.0. The summed E-state index contributed by atoms with van der Waals surface area (Å²) >= 11 is 1.49. The molecule has 0 saturated carbocycles. The summed E-state index contributed by atoms with van der Waals surface area (Å²) in [7, 11) is 2.06. The molecule has 0 aliphatic carbocycles. The molecule has 1 amide bonds. The van der Waals surface area contributed by atoms with Gasteiger partial charge < -0.3 is 14.5 Å². The lowest BCUT2D eigenvalue weighted by Gasteiger charge is -2.32. The van der Waals surface area contributed by atoms with Crippen molar-refractivity contribution in [2.45, 2.75) is 6.42 Å². The zero-order valence-electron chi connectivity index (χ0n) is 19.6. The topological polar surface area (TPSA) is 63.5 Å². The van der Waals surface area contributed by atoms with E-state index in [1.807, 2.05) is 29.2 Å². The third kappa shape index (κ3) is 4.06. The molecular formula is C26H23F2N5O2S. The van der Waals surface area contributed by atoms with Gasteiger partial charge in [-0.15, -0.1) is 21.5 Å². The number of fused-ring (bicyclic) bond motifs is 3. The highest BCUT2D eigenvalue weighted by Crippen LogP contribution is 2.44. The second kappa shape index (κ2) is 9.11. The minimum atomic E-state index is -0.694. The summed E-state index contributed by atoms with van der Waals surface area (Å²) in [6.45, 7) is 3.61. The Balaban J connectivity index is 1.38. The number of halogens is 2. The zero-order valence-corrected chi connectivity index (χ0v) is 20.4. The molecule has 4 heterocycles. The first-order valence-electron chi connectivity index (χ1n) is 11.7. The molecule has 7 nitrogen and oxygen atoms in total. The summed E-state index contributed by atoms with van der Waals surface area (Å²) in [5.74, 6) is -0.138. The Morgan fingerprint density at radius 3 is 2.69 bits per heavy atom. The van der Waals surface area contributed by atoms with Crippen molar-refractivity contribution < 1.29 is 18.3 Å². The lowest BCUT2D eigenvalue weighted by molar-refractivity contribution is 0.0664. The van der Waals surface area contributed by atoms with Crippen molar-refractivity contribution in [2.75, 3.05) is 39.8 Å². The standard InChI is InChI=1S/C26H23F2N5O2S/c1-31-7-9-32(10-8-31)26(34)17-2-5-22-19(12-17)24-16(6-11-35-22)13-23(36-24)25-30-29-15-33(25)21-4-3-18(27)14-20(21)28/h2-5,12-15H,6-11H2,1H3. The Labute approximate surface area is 210 Å². The van der Waals surface area contributed by atoms with Crippen molar-refractivity contribution in [2.24, 2.45) is 0 Å². The van der Waals surface area contributed by atoms with Crippen LogP contribution in [0.15, 0.2) is 48.8 Å². The van der Waals surface area contributed by atoms with E-state index in [1.54, 1.807) is 0 Å². The summed E-state index contributed by atoms with van der Waals surface area (Å²) in [6, 6.07) is 11.0. The molecule has 2 aromatic heterocycles. The van der Waals surface area contributed by atoms with Crippen LogP contribution in [0.5, 0.6) is 5.75 Å². The number of thiophene rings is 1. The summed E-state index contributed by atoms with van der Waals surface area (Å²) in [4.78, 5) is 19.1. The number of carbonyl (C=O) groups is 1. The summed E-state index contributed by atoms with van der Waals surface area (Å²) < 4.78 is 35.5. The maximum atomic E-state index is 14.5. The van der Waals surface area contributed by atoms with Crippen LogP contribution in [-0.4, -0.2) is 70.3 Å². The third-order valence-corrected chi connectivity index (χ3v) is 7.84. The van der Waals surface area contributed by atoms with E-state index in [9.17, 15) is 13.6 Å². The largest absolute Gasteiger partial charge is 0.493 e. The van der Waals surface area contributed by atoms with Crippen LogP contribution in [0.4, 0.5) is 8.78 Å². The zero-order chi connectivity index (χ0) is 24.8. The highest BCUT2D eigenvalue weighted by Gasteiger charge is 2.25.